The van der Waals surface area contributed by atoms with Gasteiger partial charge in [0, 0.05) is 24.3 Å². The summed E-state index contributed by atoms with van der Waals surface area (Å²) in [6.07, 6.45) is 2.47. The molecule has 0 spiro atoms. The van der Waals surface area contributed by atoms with Crippen LogP contribution >= 0.6 is 0 Å². The fourth-order valence-electron chi connectivity index (χ4n) is 5.54. The van der Waals surface area contributed by atoms with Crippen molar-refractivity contribution in [1.29, 1.82) is 0 Å². The van der Waals surface area contributed by atoms with Crippen molar-refractivity contribution in [2.24, 2.45) is 0 Å². The molecule has 4 atom stereocenters. The molecule has 228 valence electrons. The molecule has 5 rings (SSSR count). The molecule has 0 saturated carbocycles. The number of hydrogen-bond donors (Lipinski definition) is 3. The standard InChI is InChI=1S/C30H44N8O4/c1-28(2,3)18-9-11-19(12-10-18)35-27(39)36-29(4,5)13-14-37(8)15-20-22-23(42-30(6,7)41-22)26(40-20)38-17-34-21-24(31)32-16-33-25(21)38/h9-12,16-17,20,22-23,26H,13-15H2,1-8H3,(H2,31,32,33)(H2,35,36,39). The van der Waals surface area contributed by atoms with Crippen LogP contribution in [0.15, 0.2) is 36.9 Å². The first kappa shape index (κ1) is 30.1. The molecule has 2 amide bonds. The number of benzene rings is 1. The Labute approximate surface area is 247 Å². The lowest BCUT2D eigenvalue weighted by atomic mass is 9.87. The van der Waals surface area contributed by atoms with Gasteiger partial charge in [-0.05, 0) is 64.3 Å². The van der Waals surface area contributed by atoms with Crippen molar-refractivity contribution < 1.29 is 19.0 Å². The minimum atomic E-state index is -0.745. The molecular formula is C30H44N8O4. The van der Waals surface area contributed by atoms with Crippen molar-refractivity contribution in [3.8, 4) is 0 Å². The van der Waals surface area contributed by atoms with Crippen LogP contribution in [-0.4, -0.2) is 80.2 Å². The van der Waals surface area contributed by atoms with Gasteiger partial charge in [0.15, 0.2) is 23.5 Å². The molecule has 0 radical (unpaired) electrons. The van der Waals surface area contributed by atoms with Gasteiger partial charge in [-0.3, -0.25) is 4.57 Å². The molecule has 0 aliphatic carbocycles. The average molecular weight is 581 g/mol. The number of fused-ring (bicyclic) bond motifs is 2. The number of nitrogen functional groups attached to an aromatic ring is 1. The largest absolute Gasteiger partial charge is 0.382 e. The van der Waals surface area contributed by atoms with E-state index in [0.29, 0.717) is 23.5 Å². The summed E-state index contributed by atoms with van der Waals surface area (Å²) >= 11 is 0. The number of hydrogen-bond acceptors (Lipinski definition) is 9. The summed E-state index contributed by atoms with van der Waals surface area (Å²) in [6.45, 7) is 15.7. The van der Waals surface area contributed by atoms with Gasteiger partial charge in [0.1, 0.15) is 30.2 Å². The highest BCUT2D eigenvalue weighted by Crippen LogP contribution is 2.44. The van der Waals surface area contributed by atoms with Crippen molar-refractivity contribution >= 4 is 28.7 Å². The van der Waals surface area contributed by atoms with E-state index < -0.39 is 17.6 Å². The quantitative estimate of drug-likeness (QED) is 0.360. The molecule has 2 aliphatic heterocycles. The molecule has 1 aromatic carbocycles. The Morgan fingerprint density at radius 2 is 1.76 bits per heavy atom. The number of likely N-dealkylation sites (N-methyl/N-ethyl adjacent to an activating group) is 1. The normalized spacial score (nSPS) is 23.8. The molecule has 2 fully saturated rings. The number of carbonyl (C=O) groups is 1. The molecule has 2 aliphatic rings. The van der Waals surface area contributed by atoms with Gasteiger partial charge in [0.25, 0.3) is 0 Å². The molecule has 3 aromatic rings. The maximum Gasteiger partial charge on any atom is 0.319 e. The first-order valence-electron chi connectivity index (χ1n) is 14.4. The zero-order chi connectivity index (χ0) is 30.4. The molecule has 2 aromatic heterocycles. The van der Waals surface area contributed by atoms with Crippen molar-refractivity contribution in [2.45, 2.75) is 96.2 Å². The number of rotatable bonds is 8. The van der Waals surface area contributed by atoms with Crippen LogP contribution in [0.4, 0.5) is 16.3 Å². The average Bonchev–Trinajstić information content (AvgIpc) is 3.54. The van der Waals surface area contributed by atoms with E-state index in [2.05, 4.69) is 63.4 Å². The highest BCUT2D eigenvalue weighted by Gasteiger charge is 2.56. The van der Waals surface area contributed by atoms with E-state index in [1.807, 2.05) is 51.4 Å². The summed E-state index contributed by atoms with van der Waals surface area (Å²) in [5.74, 6) is -0.429. The van der Waals surface area contributed by atoms with E-state index in [9.17, 15) is 4.79 Å². The number of nitrogens with two attached hydrogens (primary N) is 1. The summed E-state index contributed by atoms with van der Waals surface area (Å²) in [7, 11) is 2.04. The third-order valence-corrected chi connectivity index (χ3v) is 7.86. The lowest BCUT2D eigenvalue weighted by Crippen LogP contribution is -2.48. The van der Waals surface area contributed by atoms with Crippen LogP contribution in [0.5, 0.6) is 0 Å². The number of anilines is 2. The summed E-state index contributed by atoms with van der Waals surface area (Å²) in [4.78, 5) is 27.8. The van der Waals surface area contributed by atoms with Crippen molar-refractivity contribution in [2.75, 3.05) is 31.2 Å². The Morgan fingerprint density at radius 1 is 1.07 bits per heavy atom. The van der Waals surface area contributed by atoms with E-state index in [1.54, 1.807) is 6.33 Å². The van der Waals surface area contributed by atoms with Crippen LogP contribution in [0.3, 0.4) is 0 Å². The Hall–Kier alpha value is -3.32. The van der Waals surface area contributed by atoms with Crippen molar-refractivity contribution in [3.05, 3.63) is 42.5 Å². The van der Waals surface area contributed by atoms with E-state index in [0.717, 1.165) is 18.7 Å². The molecule has 42 heavy (non-hydrogen) atoms. The van der Waals surface area contributed by atoms with E-state index in [4.69, 9.17) is 19.9 Å². The highest BCUT2D eigenvalue weighted by molar-refractivity contribution is 5.89. The number of imidazole rings is 1. The van der Waals surface area contributed by atoms with Crippen LogP contribution in [0.2, 0.25) is 0 Å². The minimum absolute atomic E-state index is 0.0601. The SMILES string of the molecule is CN(CCC(C)(C)NC(=O)Nc1ccc(C(C)(C)C)cc1)CC1OC(n2cnc3c(N)ncnc32)C2OC(C)(C)OC12. The zero-order valence-corrected chi connectivity index (χ0v) is 25.8. The van der Waals surface area contributed by atoms with E-state index >= 15 is 0 Å². The third kappa shape index (κ3) is 6.51. The van der Waals surface area contributed by atoms with Crippen molar-refractivity contribution in [1.82, 2.24) is 29.7 Å². The highest BCUT2D eigenvalue weighted by atomic mass is 16.8. The van der Waals surface area contributed by atoms with Crippen LogP contribution < -0.4 is 16.4 Å². The Bertz CT molecular complexity index is 1410. The van der Waals surface area contributed by atoms with Gasteiger partial charge in [-0.15, -0.1) is 0 Å². The van der Waals surface area contributed by atoms with Gasteiger partial charge in [-0.2, -0.15) is 0 Å². The molecule has 0 bridgehead atoms. The van der Waals surface area contributed by atoms with Gasteiger partial charge in [-0.1, -0.05) is 32.9 Å². The van der Waals surface area contributed by atoms with Crippen LogP contribution in [0.25, 0.3) is 11.2 Å². The van der Waals surface area contributed by atoms with Gasteiger partial charge in [-0.25, -0.2) is 19.7 Å². The number of amides is 2. The van der Waals surface area contributed by atoms with Crippen LogP contribution in [0.1, 0.15) is 66.7 Å². The fraction of sp³-hybridized carbons (Fsp3) is 0.600. The van der Waals surface area contributed by atoms with Gasteiger partial charge in [0.05, 0.1) is 6.33 Å². The Kier molecular flexibility index (Phi) is 7.94. The summed E-state index contributed by atoms with van der Waals surface area (Å²) in [5, 5.41) is 6.06. The van der Waals surface area contributed by atoms with E-state index in [1.165, 1.54) is 11.9 Å². The maximum atomic E-state index is 12.8. The third-order valence-electron chi connectivity index (χ3n) is 7.86. The van der Waals surface area contributed by atoms with Crippen molar-refractivity contribution in [3.63, 3.8) is 0 Å². The van der Waals surface area contributed by atoms with Gasteiger partial charge in [0.2, 0.25) is 0 Å². The zero-order valence-electron chi connectivity index (χ0n) is 25.8. The van der Waals surface area contributed by atoms with Crippen LogP contribution in [-0.2, 0) is 19.6 Å². The lowest BCUT2D eigenvalue weighted by molar-refractivity contribution is -0.197. The molecule has 4 N–H and O–H groups in total. The number of carbonyl (C=O) groups excluding carboxylic acids is 1. The van der Waals surface area contributed by atoms with Crippen LogP contribution in [0, 0.1) is 0 Å². The lowest BCUT2D eigenvalue weighted by Gasteiger charge is -2.31. The molecule has 12 nitrogen and oxygen atoms in total. The summed E-state index contributed by atoms with van der Waals surface area (Å²) in [6, 6.07) is 7.75. The Morgan fingerprint density at radius 3 is 2.45 bits per heavy atom. The number of urea groups is 1. The molecular weight excluding hydrogens is 536 g/mol. The topological polar surface area (TPSA) is 142 Å². The molecule has 12 heteroatoms. The fourth-order valence-corrected chi connectivity index (χ4v) is 5.54. The second-order valence-corrected chi connectivity index (χ2v) is 13.5. The van der Waals surface area contributed by atoms with Gasteiger partial charge >= 0.3 is 6.03 Å². The number of ether oxygens (including phenoxy) is 3. The summed E-state index contributed by atoms with van der Waals surface area (Å²) < 4.78 is 21.0. The van der Waals surface area contributed by atoms with Gasteiger partial charge < -0.3 is 35.5 Å². The monoisotopic (exact) mass is 580 g/mol. The first-order valence-corrected chi connectivity index (χ1v) is 14.4. The number of aromatic nitrogens is 4. The molecule has 2 saturated heterocycles. The number of nitrogens with one attached hydrogen (secondary N) is 2. The number of nitrogens with zero attached hydrogens (tertiary/aromatic N) is 5. The second-order valence-electron chi connectivity index (χ2n) is 13.5. The predicted molar refractivity (Wildman–Crippen MR) is 161 cm³/mol. The maximum absolute atomic E-state index is 12.8. The molecule has 4 heterocycles. The smallest absolute Gasteiger partial charge is 0.319 e. The Balaban J connectivity index is 1.18. The summed E-state index contributed by atoms with van der Waals surface area (Å²) in [5.41, 5.74) is 8.73. The van der Waals surface area contributed by atoms with E-state index in [-0.39, 0.29) is 29.8 Å². The predicted octanol–water partition coefficient (Wildman–Crippen LogP) is 4.05. The second kappa shape index (κ2) is 11.1. The minimum Gasteiger partial charge on any atom is -0.382 e. The first-order chi connectivity index (χ1) is 19.6. The molecule has 4 unspecified atom stereocenters.